The van der Waals surface area contributed by atoms with Gasteiger partial charge < -0.3 is 19.6 Å². The number of pyridine rings is 1. The third kappa shape index (κ3) is 6.43. The summed E-state index contributed by atoms with van der Waals surface area (Å²) in [5.74, 6) is 6.41. The summed E-state index contributed by atoms with van der Waals surface area (Å²) < 4.78 is 6.28. The number of carbonyl (C=O) groups excluding carboxylic acids is 1. The molecule has 0 fully saturated rings. The van der Waals surface area contributed by atoms with Crippen LogP contribution in [0.25, 0.3) is 0 Å². The van der Waals surface area contributed by atoms with Crippen LogP contribution in [0.3, 0.4) is 0 Å². The van der Waals surface area contributed by atoms with E-state index in [0.717, 1.165) is 19.5 Å². The predicted octanol–water partition coefficient (Wildman–Crippen LogP) is 1.56. The van der Waals surface area contributed by atoms with Crippen molar-refractivity contribution in [3.63, 3.8) is 0 Å². The molecule has 0 unspecified atom stereocenters. The first-order chi connectivity index (χ1) is 14.3. The summed E-state index contributed by atoms with van der Waals surface area (Å²) in [7, 11) is 5.99. The zero-order chi connectivity index (χ0) is 22.3. The van der Waals surface area contributed by atoms with Gasteiger partial charge in [0.1, 0.15) is 11.7 Å². The molecule has 30 heavy (non-hydrogen) atoms. The van der Waals surface area contributed by atoms with Gasteiger partial charge in [0, 0.05) is 30.8 Å². The molecule has 2 rings (SSSR count). The molecule has 1 amide bonds. The van der Waals surface area contributed by atoms with Crippen LogP contribution < -0.4 is 4.74 Å². The highest BCUT2D eigenvalue weighted by molar-refractivity contribution is 5.97. The van der Waals surface area contributed by atoms with Crippen LogP contribution in [0.2, 0.25) is 0 Å². The van der Waals surface area contributed by atoms with Crippen molar-refractivity contribution < 1.29 is 14.6 Å². The van der Waals surface area contributed by atoms with Crippen molar-refractivity contribution in [2.45, 2.75) is 39.3 Å². The molecule has 0 spiro atoms. The average molecular weight is 417 g/mol. The number of likely N-dealkylation sites (N-methyl/N-ethyl adjacent to an activating group) is 1. The largest absolute Gasteiger partial charge is 0.472 e. The summed E-state index contributed by atoms with van der Waals surface area (Å²) in [6, 6.07) is 1.47. The quantitative estimate of drug-likeness (QED) is 0.681. The van der Waals surface area contributed by atoms with Gasteiger partial charge in [0.15, 0.2) is 0 Å². The van der Waals surface area contributed by atoms with E-state index < -0.39 is 0 Å². The maximum atomic E-state index is 13.3. The number of nitrogens with zero attached hydrogens (tertiary/aromatic N) is 4. The van der Waals surface area contributed by atoms with Crippen molar-refractivity contribution in [1.29, 1.82) is 0 Å². The highest BCUT2D eigenvalue weighted by atomic mass is 16.5. The van der Waals surface area contributed by atoms with E-state index in [4.69, 9.17) is 4.74 Å². The van der Waals surface area contributed by atoms with Crippen molar-refractivity contribution in [1.82, 2.24) is 19.7 Å². The second kappa shape index (κ2) is 11.3. The van der Waals surface area contributed by atoms with E-state index in [1.807, 2.05) is 25.9 Å². The molecule has 1 aliphatic rings. The first-order valence-electron chi connectivity index (χ1n) is 10.7. The Kier molecular flexibility index (Phi) is 9.09. The Balaban J connectivity index is 2.42. The van der Waals surface area contributed by atoms with Crippen molar-refractivity contribution in [3.8, 4) is 17.7 Å². The zero-order valence-corrected chi connectivity index (χ0v) is 19.2. The minimum Gasteiger partial charge on any atom is -0.472 e. The Morgan fingerprint density at radius 1 is 1.40 bits per heavy atom. The fourth-order valence-electron chi connectivity index (χ4n) is 3.47. The van der Waals surface area contributed by atoms with Crippen LogP contribution in [0.15, 0.2) is 12.3 Å². The maximum Gasteiger partial charge on any atom is 0.259 e. The molecule has 0 aromatic carbocycles. The van der Waals surface area contributed by atoms with E-state index in [9.17, 15) is 9.90 Å². The van der Waals surface area contributed by atoms with Gasteiger partial charge >= 0.3 is 0 Å². The van der Waals surface area contributed by atoms with Gasteiger partial charge in [0.25, 0.3) is 5.91 Å². The summed E-state index contributed by atoms with van der Waals surface area (Å²) in [6.45, 7) is 8.86. The van der Waals surface area contributed by atoms with Crippen molar-refractivity contribution >= 4 is 5.91 Å². The standard InChI is InChI=1S/C23H36N4O3/c1-7-10-26(6)15-21-17(2)14-27(18(3)16-28)23(29)20-12-19(9-8-11-25(4)5)13-24-22(20)30-21/h12-13,17-18,21,28H,7,10-11,14-16H2,1-6H3/t17-,18-,21+/m0/s1. The van der Waals surface area contributed by atoms with Gasteiger partial charge in [-0.05, 0) is 47.1 Å². The number of amides is 1. The third-order valence-electron chi connectivity index (χ3n) is 5.25. The van der Waals surface area contributed by atoms with Gasteiger partial charge in [-0.2, -0.15) is 0 Å². The molecule has 1 aliphatic heterocycles. The van der Waals surface area contributed by atoms with Gasteiger partial charge in [-0.15, -0.1) is 0 Å². The smallest absolute Gasteiger partial charge is 0.259 e. The SMILES string of the molecule is CCCN(C)C[C@H]1Oc2ncc(C#CCN(C)C)cc2C(=O)N([C@@H](C)CO)C[C@@H]1C. The Morgan fingerprint density at radius 3 is 2.77 bits per heavy atom. The molecule has 0 aliphatic carbocycles. The van der Waals surface area contributed by atoms with Crippen LogP contribution in [0.5, 0.6) is 5.88 Å². The molecule has 2 heterocycles. The van der Waals surface area contributed by atoms with Crippen LogP contribution >= 0.6 is 0 Å². The first kappa shape index (κ1) is 24.1. The lowest BCUT2D eigenvalue weighted by atomic mass is 10.00. The summed E-state index contributed by atoms with van der Waals surface area (Å²) in [4.78, 5) is 23.7. The fraction of sp³-hybridized carbons (Fsp3) is 0.652. The summed E-state index contributed by atoms with van der Waals surface area (Å²) >= 11 is 0. The maximum absolute atomic E-state index is 13.3. The van der Waals surface area contributed by atoms with E-state index in [2.05, 4.69) is 42.6 Å². The highest BCUT2D eigenvalue weighted by Gasteiger charge is 2.34. The van der Waals surface area contributed by atoms with E-state index in [-0.39, 0.29) is 30.6 Å². The molecule has 1 aromatic rings. The molecule has 1 aromatic heterocycles. The number of aromatic nitrogens is 1. The molecule has 0 saturated carbocycles. The normalized spacial score (nSPS) is 20.2. The Morgan fingerprint density at radius 2 is 2.13 bits per heavy atom. The Hall–Kier alpha value is -2.14. The average Bonchev–Trinajstić information content (AvgIpc) is 2.70. The number of ether oxygens (including phenoxy) is 1. The molecular formula is C23H36N4O3. The van der Waals surface area contributed by atoms with E-state index in [1.54, 1.807) is 17.2 Å². The minimum atomic E-state index is -0.289. The van der Waals surface area contributed by atoms with Crippen molar-refractivity contribution in [2.75, 3.05) is 53.9 Å². The van der Waals surface area contributed by atoms with E-state index in [1.165, 1.54) is 0 Å². The molecule has 0 saturated heterocycles. The molecule has 0 radical (unpaired) electrons. The van der Waals surface area contributed by atoms with Crippen LogP contribution in [0.1, 0.15) is 43.1 Å². The van der Waals surface area contributed by atoms with Crippen molar-refractivity contribution in [2.24, 2.45) is 5.92 Å². The van der Waals surface area contributed by atoms with Crippen LogP contribution in [-0.2, 0) is 0 Å². The second-order valence-electron chi connectivity index (χ2n) is 8.50. The second-order valence-corrected chi connectivity index (χ2v) is 8.50. The number of fused-ring (bicyclic) bond motifs is 1. The topological polar surface area (TPSA) is 69.1 Å². The minimum absolute atomic E-state index is 0.0924. The van der Waals surface area contributed by atoms with Gasteiger partial charge in [-0.1, -0.05) is 25.7 Å². The molecule has 3 atom stereocenters. The third-order valence-corrected chi connectivity index (χ3v) is 5.25. The van der Waals surface area contributed by atoms with Gasteiger partial charge in [0.2, 0.25) is 5.88 Å². The number of aliphatic hydroxyl groups is 1. The highest BCUT2D eigenvalue weighted by Crippen LogP contribution is 2.27. The lowest BCUT2D eigenvalue weighted by Gasteiger charge is -2.37. The van der Waals surface area contributed by atoms with Crippen molar-refractivity contribution in [3.05, 3.63) is 23.4 Å². The Labute approximate surface area is 181 Å². The molecule has 0 bridgehead atoms. The lowest BCUT2D eigenvalue weighted by molar-refractivity contribution is 0.0331. The number of aliphatic hydroxyl groups excluding tert-OH is 1. The summed E-state index contributed by atoms with van der Waals surface area (Å²) in [5.41, 5.74) is 1.08. The van der Waals surface area contributed by atoms with Gasteiger partial charge in [0.05, 0.1) is 19.2 Å². The van der Waals surface area contributed by atoms with Gasteiger partial charge in [-0.25, -0.2) is 4.98 Å². The molecule has 1 N–H and O–H groups in total. The fourth-order valence-corrected chi connectivity index (χ4v) is 3.47. The van der Waals surface area contributed by atoms with Crippen LogP contribution in [0.4, 0.5) is 0 Å². The lowest BCUT2D eigenvalue weighted by Crippen LogP contribution is -2.50. The van der Waals surface area contributed by atoms with Gasteiger partial charge in [-0.3, -0.25) is 9.69 Å². The summed E-state index contributed by atoms with van der Waals surface area (Å²) in [5, 5.41) is 9.73. The molecule has 7 heteroatoms. The number of hydrogen-bond acceptors (Lipinski definition) is 6. The predicted molar refractivity (Wildman–Crippen MR) is 119 cm³/mol. The number of hydrogen-bond donors (Lipinski definition) is 1. The van der Waals surface area contributed by atoms with E-state index >= 15 is 0 Å². The number of carbonyl (C=O) groups is 1. The van der Waals surface area contributed by atoms with E-state index in [0.29, 0.717) is 30.1 Å². The molecule has 166 valence electrons. The zero-order valence-electron chi connectivity index (χ0n) is 19.2. The first-order valence-corrected chi connectivity index (χ1v) is 10.7. The van der Waals surface area contributed by atoms with Crippen LogP contribution in [-0.4, -0.2) is 96.8 Å². The number of rotatable bonds is 7. The van der Waals surface area contributed by atoms with Crippen LogP contribution in [0, 0.1) is 17.8 Å². The molecule has 7 nitrogen and oxygen atoms in total. The summed E-state index contributed by atoms with van der Waals surface area (Å²) in [6.07, 6.45) is 2.61. The molecular weight excluding hydrogens is 380 g/mol. The Bertz CT molecular complexity index is 771. The monoisotopic (exact) mass is 416 g/mol.